The zero-order valence-electron chi connectivity index (χ0n) is 18.3. The van der Waals surface area contributed by atoms with Gasteiger partial charge in [0.2, 0.25) is 5.91 Å². The van der Waals surface area contributed by atoms with Crippen molar-refractivity contribution in [1.82, 2.24) is 9.13 Å². The minimum atomic E-state index is -0.609. The van der Waals surface area contributed by atoms with Crippen molar-refractivity contribution in [3.8, 4) is 0 Å². The third-order valence-corrected chi connectivity index (χ3v) is 7.58. The number of thiophene rings is 1. The summed E-state index contributed by atoms with van der Waals surface area (Å²) in [7, 11) is 1.32. The van der Waals surface area contributed by atoms with Crippen molar-refractivity contribution < 1.29 is 14.3 Å². The number of methoxy groups -OCH3 is 1. The predicted octanol–water partition coefficient (Wildman–Crippen LogP) is 1.91. The first-order valence-electron chi connectivity index (χ1n) is 10.4. The molecule has 5 rings (SSSR count). The Balaban J connectivity index is 1.74. The molecule has 0 aliphatic carbocycles. The topological polar surface area (TPSA) is 109 Å². The fourth-order valence-electron chi connectivity index (χ4n) is 4.24. The van der Waals surface area contributed by atoms with Gasteiger partial charge in [0.15, 0.2) is 4.80 Å². The quantitative estimate of drug-likeness (QED) is 0.429. The number of hydrogen-bond donors (Lipinski definition) is 1. The van der Waals surface area contributed by atoms with Gasteiger partial charge in [-0.25, -0.2) is 9.79 Å². The van der Waals surface area contributed by atoms with E-state index in [1.165, 1.54) is 29.8 Å². The van der Waals surface area contributed by atoms with Crippen LogP contribution in [0, 0.1) is 0 Å². The van der Waals surface area contributed by atoms with E-state index in [0.717, 1.165) is 21.3 Å². The normalized spacial score (nSPS) is 15.9. The minimum Gasteiger partial charge on any atom is -0.466 e. The lowest BCUT2D eigenvalue weighted by Crippen LogP contribution is -2.39. The monoisotopic (exact) mass is 492 g/mol. The molecule has 0 saturated carbocycles. The molecule has 1 aromatic carbocycles. The lowest BCUT2D eigenvalue weighted by atomic mass is 10.0. The van der Waals surface area contributed by atoms with Crippen molar-refractivity contribution in [2.24, 2.45) is 10.7 Å². The highest BCUT2D eigenvalue weighted by Crippen LogP contribution is 2.33. The molecule has 3 aromatic heterocycles. The van der Waals surface area contributed by atoms with Gasteiger partial charge >= 0.3 is 5.97 Å². The van der Waals surface area contributed by atoms with Gasteiger partial charge in [0.1, 0.15) is 12.6 Å². The Morgan fingerprint density at radius 3 is 2.74 bits per heavy atom. The molecule has 4 heterocycles. The van der Waals surface area contributed by atoms with Crippen LogP contribution in [-0.2, 0) is 20.9 Å². The molecule has 172 valence electrons. The van der Waals surface area contributed by atoms with Crippen LogP contribution < -0.4 is 20.6 Å². The average molecular weight is 493 g/mol. The summed E-state index contributed by atoms with van der Waals surface area (Å²) in [4.78, 5) is 43.8. The zero-order chi connectivity index (χ0) is 24.0. The number of nitrogens with two attached hydrogens (primary N) is 1. The van der Waals surface area contributed by atoms with Crippen LogP contribution in [-0.4, -0.2) is 28.1 Å². The number of para-hydroxylation sites is 1. The van der Waals surface area contributed by atoms with E-state index >= 15 is 0 Å². The number of benzene rings is 1. The second-order valence-electron chi connectivity index (χ2n) is 7.78. The number of carbonyl (C=O) groups excluding carboxylic acids is 2. The van der Waals surface area contributed by atoms with Crippen LogP contribution in [0.25, 0.3) is 17.0 Å². The third-order valence-electron chi connectivity index (χ3n) is 5.67. The molecular weight excluding hydrogens is 472 g/mol. The lowest BCUT2D eigenvalue weighted by molar-refractivity contribution is -0.136. The van der Waals surface area contributed by atoms with Gasteiger partial charge in [-0.1, -0.05) is 35.6 Å². The van der Waals surface area contributed by atoms with Crippen LogP contribution in [0.5, 0.6) is 0 Å². The second kappa shape index (κ2) is 8.54. The van der Waals surface area contributed by atoms with E-state index in [1.54, 1.807) is 22.1 Å². The number of allylic oxidation sites excluding steroid dienone is 1. The molecule has 4 aromatic rings. The van der Waals surface area contributed by atoms with Gasteiger partial charge in [-0.15, -0.1) is 11.3 Å². The van der Waals surface area contributed by atoms with Gasteiger partial charge < -0.3 is 15.0 Å². The molecule has 1 unspecified atom stereocenters. The largest absolute Gasteiger partial charge is 0.466 e. The van der Waals surface area contributed by atoms with Crippen molar-refractivity contribution in [2.75, 3.05) is 7.11 Å². The molecule has 10 heteroatoms. The fraction of sp³-hybridized carbons (Fsp3) is 0.167. The van der Waals surface area contributed by atoms with Crippen LogP contribution in [0.15, 0.2) is 69.0 Å². The summed E-state index contributed by atoms with van der Waals surface area (Å²) in [6.45, 7) is 1.79. The molecule has 0 spiro atoms. The molecular formula is C24H20N4O4S2. The molecule has 0 bridgehead atoms. The Labute approximate surface area is 201 Å². The third kappa shape index (κ3) is 3.61. The zero-order valence-corrected chi connectivity index (χ0v) is 20.0. The Morgan fingerprint density at radius 2 is 2.03 bits per heavy atom. The number of thiazole rings is 1. The Hall–Kier alpha value is -3.76. The van der Waals surface area contributed by atoms with Crippen molar-refractivity contribution in [1.29, 1.82) is 0 Å². The molecule has 1 aliphatic rings. The number of primary amides is 1. The molecule has 34 heavy (non-hydrogen) atoms. The summed E-state index contributed by atoms with van der Waals surface area (Å²) in [5.74, 6) is -0.961. The first-order chi connectivity index (χ1) is 16.4. The van der Waals surface area contributed by atoms with Crippen LogP contribution in [0.3, 0.4) is 0 Å². The number of nitrogens with zero attached hydrogens (tertiary/aromatic N) is 3. The summed E-state index contributed by atoms with van der Waals surface area (Å²) in [6, 6.07) is 10.8. The lowest BCUT2D eigenvalue weighted by Gasteiger charge is -2.22. The van der Waals surface area contributed by atoms with Crippen molar-refractivity contribution >= 4 is 51.5 Å². The van der Waals surface area contributed by atoms with Gasteiger partial charge in [-0.2, -0.15) is 0 Å². The maximum absolute atomic E-state index is 13.6. The summed E-state index contributed by atoms with van der Waals surface area (Å²) in [5.41, 5.74) is 7.68. The number of hydrogen-bond acceptors (Lipinski definition) is 7. The van der Waals surface area contributed by atoms with Crippen LogP contribution in [0.2, 0.25) is 0 Å². The summed E-state index contributed by atoms with van der Waals surface area (Å²) in [5, 5.41) is 2.80. The van der Waals surface area contributed by atoms with E-state index in [9.17, 15) is 14.4 Å². The molecule has 0 radical (unpaired) electrons. The molecule has 0 fully saturated rings. The predicted molar refractivity (Wildman–Crippen MR) is 131 cm³/mol. The van der Waals surface area contributed by atoms with E-state index in [4.69, 9.17) is 10.5 Å². The van der Waals surface area contributed by atoms with E-state index in [2.05, 4.69) is 4.99 Å². The Bertz CT molecular complexity index is 1650. The van der Waals surface area contributed by atoms with Crippen molar-refractivity contribution in [3.63, 3.8) is 0 Å². The fourth-order valence-corrected chi connectivity index (χ4v) is 6.10. The number of fused-ring (bicyclic) bond motifs is 2. The first-order valence-corrected chi connectivity index (χ1v) is 12.1. The maximum Gasteiger partial charge on any atom is 0.338 e. The van der Waals surface area contributed by atoms with E-state index in [0.29, 0.717) is 20.6 Å². The van der Waals surface area contributed by atoms with Crippen LogP contribution in [0.1, 0.15) is 23.4 Å². The van der Waals surface area contributed by atoms with E-state index < -0.39 is 17.9 Å². The molecule has 1 atom stereocenters. The Morgan fingerprint density at radius 1 is 1.24 bits per heavy atom. The summed E-state index contributed by atoms with van der Waals surface area (Å²) < 4.78 is 8.82. The van der Waals surface area contributed by atoms with E-state index in [1.807, 2.05) is 48.0 Å². The highest BCUT2D eigenvalue weighted by Gasteiger charge is 2.33. The van der Waals surface area contributed by atoms with Gasteiger partial charge in [0, 0.05) is 27.5 Å². The summed E-state index contributed by atoms with van der Waals surface area (Å²) >= 11 is 2.72. The highest BCUT2D eigenvalue weighted by atomic mass is 32.1. The molecule has 1 amide bonds. The number of aromatic nitrogens is 2. The maximum atomic E-state index is 13.6. The number of amides is 1. The number of rotatable bonds is 5. The number of ether oxygens (including phenoxy) is 1. The minimum absolute atomic E-state index is 0.0374. The van der Waals surface area contributed by atoms with E-state index in [-0.39, 0.29) is 12.1 Å². The van der Waals surface area contributed by atoms with Gasteiger partial charge in [0.25, 0.3) is 5.56 Å². The second-order valence-corrected chi connectivity index (χ2v) is 9.77. The summed E-state index contributed by atoms with van der Waals surface area (Å²) in [6.07, 6.45) is 3.61. The molecule has 8 nitrogen and oxygen atoms in total. The van der Waals surface area contributed by atoms with Crippen LogP contribution >= 0.6 is 22.7 Å². The SMILES string of the molecule is COC(=O)C1=C(C)N=c2sc(=Cc3cn(CC(N)=O)c4ccccc34)c(=O)n2C1c1cccs1. The molecule has 0 saturated heterocycles. The average Bonchev–Trinajstić information content (AvgIpc) is 3.52. The van der Waals surface area contributed by atoms with Gasteiger partial charge in [0.05, 0.1) is 22.9 Å². The number of esters is 1. The smallest absolute Gasteiger partial charge is 0.338 e. The highest BCUT2D eigenvalue weighted by molar-refractivity contribution is 7.10. The van der Waals surface area contributed by atoms with Crippen LogP contribution in [0.4, 0.5) is 0 Å². The molecule has 1 aliphatic heterocycles. The van der Waals surface area contributed by atoms with Crippen molar-refractivity contribution in [2.45, 2.75) is 19.5 Å². The van der Waals surface area contributed by atoms with Gasteiger partial charge in [-0.3, -0.25) is 14.2 Å². The first kappa shape index (κ1) is 22.1. The molecule has 2 N–H and O–H groups in total. The number of carbonyl (C=O) groups is 2. The Kier molecular flexibility index (Phi) is 5.54. The van der Waals surface area contributed by atoms with Gasteiger partial charge in [-0.05, 0) is 30.5 Å². The van der Waals surface area contributed by atoms with Crippen molar-refractivity contribution in [3.05, 3.63) is 89.4 Å². The standard InChI is InChI=1S/C24H20N4O4S2/c1-13-20(23(31)32-2)21(17-8-5-9-33-17)28-22(30)18(34-24(28)26-13)10-14-11-27(12-19(25)29)16-7-4-3-6-15(14)16/h3-11,21H,12H2,1-2H3,(H2,25,29).